The van der Waals surface area contributed by atoms with Crippen LogP contribution in [0.15, 0.2) is 23.9 Å². The van der Waals surface area contributed by atoms with Crippen LogP contribution in [0.3, 0.4) is 0 Å². The highest BCUT2D eigenvalue weighted by Crippen LogP contribution is 2.45. The van der Waals surface area contributed by atoms with Gasteiger partial charge < -0.3 is 0 Å². The summed E-state index contributed by atoms with van der Waals surface area (Å²) < 4.78 is 0. The number of rotatable bonds is 10. The number of fused-ring (bicyclic) bond motifs is 2. The molecule has 23 heavy (non-hydrogen) atoms. The Morgan fingerprint density at radius 3 is 2.39 bits per heavy atom. The molecule has 1 aromatic rings. The number of unbranched alkanes of at least 4 members (excludes halogenated alkanes) is 8. The van der Waals surface area contributed by atoms with Gasteiger partial charge in [-0.2, -0.15) is 0 Å². The van der Waals surface area contributed by atoms with E-state index in [4.69, 9.17) is 5.32 Å². The van der Waals surface area contributed by atoms with Gasteiger partial charge in [0.05, 0.1) is 5.69 Å². The van der Waals surface area contributed by atoms with Crippen LogP contribution in [0.5, 0.6) is 0 Å². The maximum Gasteiger partial charge on any atom is 0.0711 e. The van der Waals surface area contributed by atoms with Gasteiger partial charge in [-0.05, 0) is 49.3 Å². The molecule has 0 amide bonds. The van der Waals surface area contributed by atoms with E-state index in [1.807, 2.05) is 0 Å². The fourth-order valence-electron chi connectivity index (χ4n) is 4.13. The minimum absolute atomic E-state index is 1.20. The van der Waals surface area contributed by atoms with Crippen molar-refractivity contribution in [2.24, 2.45) is 0 Å². The molecule has 0 spiro atoms. The molecule has 0 unspecified atom stereocenters. The number of benzene rings is 1. The topological polar surface area (TPSA) is 14.1 Å². The predicted molar refractivity (Wildman–Crippen MR) is 99.9 cm³/mol. The quantitative estimate of drug-likeness (QED) is 0.417. The summed E-state index contributed by atoms with van der Waals surface area (Å²) in [6.45, 7) is 2.29. The average Bonchev–Trinajstić information content (AvgIpc) is 3.14. The number of aryl methyl sites for hydroxylation is 1. The van der Waals surface area contributed by atoms with Gasteiger partial charge in [0, 0.05) is 11.3 Å². The first-order chi connectivity index (χ1) is 11.4. The second-order valence-corrected chi connectivity index (χ2v) is 7.28. The number of nitrogens with zero attached hydrogens (tertiary/aromatic N) is 1. The van der Waals surface area contributed by atoms with E-state index in [2.05, 4.69) is 25.1 Å². The third kappa shape index (κ3) is 4.19. The first-order valence-corrected chi connectivity index (χ1v) is 9.96. The van der Waals surface area contributed by atoms with E-state index in [0.717, 1.165) is 0 Å². The fraction of sp³-hybridized carbons (Fsp3) is 0.636. The van der Waals surface area contributed by atoms with E-state index in [0.29, 0.717) is 0 Å². The molecule has 0 aromatic heterocycles. The molecule has 1 nitrogen and oxygen atoms in total. The van der Waals surface area contributed by atoms with Gasteiger partial charge in [-0.15, -0.1) is 0 Å². The van der Waals surface area contributed by atoms with Crippen LogP contribution in [0, 0.1) is 0 Å². The van der Waals surface area contributed by atoms with Crippen LogP contribution in [-0.4, -0.2) is 0 Å². The molecule has 1 aliphatic carbocycles. The molecule has 3 rings (SSSR count). The molecule has 2 aliphatic rings. The van der Waals surface area contributed by atoms with Crippen LogP contribution in [-0.2, 0) is 6.42 Å². The van der Waals surface area contributed by atoms with Crippen molar-refractivity contribution < 1.29 is 0 Å². The maximum atomic E-state index is 4.85. The van der Waals surface area contributed by atoms with E-state index >= 15 is 0 Å². The van der Waals surface area contributed by atoms with Crippen molar-refractivity contribution in [3.8, 4) is 0 Å². The Balaban J connectivity index is 1.40. The van der Waals surface area contributed by atoms with Gasteiger partial charge in [-0.3, -0.25) is 5.32 Å². The highest BCUT2D eigenvalue weighted by atomic mass is 14.9. The normalized spacial score (nSPS) is 15.7. The van der Waals surface area contributed by atoms with E-state index in [1.165, 1.54) is 100 Å². The molecule has 0 saturated heterocycles. The summed E-state index contributed by atoms with van der Waals surface area (Å²) in [6.07, 6.45) is 17.7. The Bertz CT molecular complexity index is 541. The Morgan fingerprint density at radius 2 is 1.61 bits per heavy atom. The van der Waals surface area contributed by atoms with Crippen molar-refractivity contribution in [3.05, 3.63) is 35.0 Å². The van der Waals surface area contributed by atoms with E-state index in [1.54, 1.807) is 11.1 Å². The fourth-order valence-corrected chi connectivity index (χ4v) is 4.13. The van der Waals surface area contributed by atoms with Gasteiger partial charge in [-0.1, -0.05) is 70.4 Å². The number of hydrogen-bond acceptors (Lipinski definition) is 0. The van der Waals surface area contributed by atoms with Crippen LogP contribution >= 0.6 is 0 Å². The molecule has 0 bridgehead atoms. The van der Waals surface area contributed by atoms with Crippen LogP contribution in [0.1, 0.15) is 95.1 Å². The molecule has 0 atom stereocenters. The molecule has 1 radical (unpaired) electrons. The predicted octanol–water partition coefficient (Wildman–Crippen LogP) is 6.90. The van der Waals surface area contributed by atoms with Gasteiger partial charge in [0.15, 0.2) is 0 Å². The molecule has 1 heterocycles. The molecule has 0 fully saturated rings. The highest BCUT2D eigenvalue weighted by Gasteiger charge is 2.28. The van der Waals surface area contributed by atoms with Gasteiger partial charge in [0.25, 0.3) is 0 Å². The maximum absolute atomic E-state index is 4.85. The molecule has 125 valence electrons. The molecule has 0 saturated carbocycles. The molecule has 1 aromatic carbocycles. The second kappa shape index (κ2) is 8.57. The van der Waals surface area contributed by atoms with Crippen LogP contribution in [0.2, 0.25) is 0 Å². The van der Waals surface area contributed by atoms with Gasteiger partial charge >= 0.3 is 0 Å². The van der Waals surface area contributed by atoms with Crippen molar-refractivity contribution in [1.82, 2.24) is 5.32 Å². The van der Waals surface area contributed by atoms with Crippen LogP contribution < -0.4 is 5.32 Å². The zero-order chi connectivity index (χ0) is 15.9. The lowest BCUT2D eigenvalue weighted by molar-refractivity contribution is 0.565. The minimum Gasteiger partial charge on any atom is -0.253 e. The van der Waals surface area contributed by atoms with Gasteiger partial charge in [-0.25, -0.2) is 0 Å². The van der Waals surface area contributed by atoms with Crippen LogP contribution in [0.4, 0.5) is 5.69 Å². The van der Waals surface area contributed by atoms with Crippen molar-refractivity contribution in [1.29, 1.82) is 0 Å². The van der Waals surface area contributed by atoms with Crippen LogP contribution in [0.25, 0.3) is 5.57 Å². The summed E-state index contributed by atoms with van der Waals surface area (Å²) >= 11 is 0. The van der Waals surface area contributed by atoms with Crippen molar-refractivity contribution in [3.63, 3.8) is 0 Å². The first kappa shape index (κ1) is 16.6. The Hall–Kier alpha value is -1.24. The summed E-state index contributed by atoms with van der Waals surface area (Å²) in [7, 11) is 0. The standard InChI is InChI=1S/C22H32N/c1-2-3-4-5-6-7-8-9-10-13-18-14-11-17-21-22(18)19-15-12-16-20(19)23-21/h11,14,17H,2-10,12-13,15-16H2,1H3. The Kier molecular flexibility index (Phi) is 6.19. The highest BCUT2D eigenvalue weighted by molar-refractivity contribution is 5.85. The molecule has 0 N–H and O–H groups in total. The average molecular weight is 311 g/mol. The minimum atomic E-state index is 1.20. The van der Waals surface area contributed by atoms with Crippen molar-refractivity contribution in [2.45, 2.75) is 90.4 Å². The lowest BCUT2D eigenvalue weighted by Crippen LogP contribution is -1.95. The molecule has 1 aliphatic heterocycles. The summed E-state index contributed by atoms with van der Waals surface area (Å²) in [4.78, 5) is 0. The second-order valence-electron chi connectivity index (χ2n) is 7.28. The third-order valence-electron chi connectivity index (χ3n) is 5.42. The lowest BCUT2D eigenvalue weighted by Gasteiger charge is -2.10. The number of hydrogen-bond donors (Lipinski definition) is 0. The first-order valence-electron chi connectivity index (χ1n) is 9.96. The van der Waals surface area contributed by atoms with Crippen molar-refractivity contribution >= 4 is 11.3 Å². The van der Waals surface area contributed by atoms with E-state index in [-0.39, 0.29) is 0 Å². The zero-order valence-electron chi connectivity index (χ0n) is 14.9. The largest absolute Gasteiger partial charge is 0.253 e. The van der Waals surface area contributed by atoms with Gasteiger partial charge in [0.2, 0.25) is 0 Å². The molecular formula is C22H32N. The van der Waals surface area contributed by atoms with Gasteiger partial charge in [0.1, 0.15) is 0 Å². The zero-order valence-corrected chi connectivity index (χ0v) is 14.9. The third-order valence-corrected chi connectivity index (χ3v) is 5.42. The molecular weight excluding hydrogens is 278 g/mol. The monoisotopic (exact) mass is 310 g/mol. The summed E-state index contributed by atoms with van der Waals surface area (Å²) in [6, 6.07) is 6.74. The Morgan fingerprint density at radius 1 is 0.870 bits per heavy atom. The summed E-state index contributed by atoms with van der Waals surface area (Å²) in [5.74, 6) is 0. The smallest absolute Gasteiger partial charge is 0.0711 e. The Labute approximate surface area is 142 Å². The summed E-state index contributed by atoms with van der Waals surface area (Å²) in [5, 5.41) is 4.85. The molecule has 1 heteroatoms. The number of allylic oxidation sites excluding steroid dienone is 2. The van der Waals surface area contributed by atoms with E-state index in [9.17, 15) is 0 Å². The van der Waals surface area contributed by atoms with E-state index < -0.39 is 0 Å². The lowest BCUT2D eigenvalue weighted by atomic mass is 9.95. The summed E-state index contributed by atoms with van der Waals surface area (Å²) in [5.41, 5.74) is 7.29. The van der Waals surface area contributed by atoms with Crippen molar-refractivity contribution in [2.75, 3.05) is 0 Å². The SMILES string of the molecule is CCCCCCCCCCCc1cccc2c1C1=C(CCC1)[N]2.